The molecular formula is C17H14FNOS. The van der Waals surface area contributed by atoms with Crippen LogP contribution in [0.4, 0.5) is 4.39 Å². The summed E-state index contributed by atoms with van der Waals surface area (Å²) in [7, 11) is -1.28. The molecule has 0 aliphatic heterocycles. The van der Waals surface area contributed by atoms with Gasteiger partial charge in [0.05, 0.1) is 22.1 Å². The van der Waals surface area contributed by atoms with Crippen LogP contribution in [-0.2, 0) is 16.6 Å². The summed E-state index contributed by atoms with van der Waals surface area (Å²) in [6.07, 6.45) is 0. The van der Waals surface area contributed by atoms with Crippen LogP contribution in [0.2, 0.25) is 0 Å². The fourth-order valence-electron chi connectivity index (χ4n) is 2.35. The zero-order chi connectivity index (χ0) is 14.8. The van der Waals surface area contributed by atoms with Gasteiger partial charge in [-0.1, -0.05) is 24.3 Å². The molecule has 21 heavy (non-hydrogen) atoms. The molecule has 1 unspecified atom stereocenters. The van der Waals surface area contributed by atoms with Crippen LogP contribution in [0.3, 0.4) is 0 Å². The van der Waals surface area contributed by atoms with Crippen molar-refractivity contribution in [1.82, 2.24) is 4.98 Å². The van der Waals surface area contributed by atoms with Crippen molar-refractivity contribution in [1.29, 1.82) is 0 Å². The SMILES string of the molecule is Cc1cc(CS(=O)c2cccc(F)c2)c2ccccc2n1. The first-order valence-corrected chi connectivity index (χ1v) is 7.94. The second kappa shape index (κ2) is 5.74. The monoisotopic (exact) mass is 299 g/mol. The summed E-state index contributed by atoms with van der Waals surface area (Å²) >= 11 is 0. The predicted octanol–water partition coefficient (Wildman–Crippen LogP) is 3.99. The van der Waals surface area contributed by atoms with Gasteiger partial charge in [0, 0.05) is 16.0 Å². The van der Waals surface area contributed by atoms with E-state index in [1.807, 2.05) is 37.3 Å². The maximum Gasteiger partial charge on any atom is 0.124 e. The maximum atomic E-state index is 13.2. The maximum absolute atomic E-state index is 13.2. The lowest BCUT2D eigenvalue weighted by Gasteiger charge is -2.08. The van der Waals surface area contributed by atoms with Crippen LogP contribution in [0.25, 0.3) is 10.9 Å². The molecule has 0 fully saturated rings. The molecule has 0 saturated carbocycles. The Balaban J connectivity index is 2.00. The lowest BCUT2D eigenvalue weighted by molar-refractivity contribution is 0.622. The van der Waals surface area contributed by atoms with E-state index in [1.165, 1.54) is 12.1 Å². The van der Waals surface area contributed by atoms with Gasteiger partial charge in [-0.2, -0.15) is 0 Å². The van der Waals surface area contributed by atoms with E-state index in [-0.39, 0.29) is 5.82 Å². The van der Waals surface area contributed by atoms with Crippen molar-refractivity contribution in [3.05, 3.63) is 71.7 Å². The number of pyridine rings is 1. The van der Waals surface area contributed by atoms with Gasteiger partial charge in [-0.25, -0.2) is 4.39 Å². The summed E-state index contributed by atoms with van der Waals surface area (Å²) in [5.74, 6) is -0.00975. The van der Waals surface area contributed by atoms with Crippen molar-refractivity contribution >= 4 is 21.7 Å². The number of para-hydroxylation sites is 1. The van der Waals surface area contributed by atoms with Crippen LogP contribution >= 0.6 is 0 Å². The van der Waals surface area contributed by atoms with Gasteiger partial charge in [-0.15, -0.1) is 0 Å². The van der Waals surface area contributed by atoms with E-state index in [4.69, 9.17) is 0 Å². The van der Waals surface area contributed by atoms with Crippen LogP contribution in [0.5, 0.6) is 0 Å². The number of halogens is 1. The highest BCUT2D eigenvalue weighted by molar-refractivity contribution is 7.84. The van der Waals surface area contributed by atoms with Gasteiger partial charge < -0.3 is 0 Å². The number of hydrogen-bond acceptors (Lipinski definition) is 2. The van der Waals surface area contributed by atoms with Crippen molar-refractivity contribution in [3.63, 3.8) is 0 Å². The molecule has 0 amide bonds. The van der Waals surface area contributed by atoms with Crippen molar-refractivity contribution in [3.8, 4) is 0 Å². The first kappa shape index (κ1) is 13.9. The number of nitrogens with zero attached hydrogens (tertiary/aromatic N) is 1. The van der Waals surface area contributed by atoms with Gasteiger partial charge >= 0.3 is 0 Å². The summed E-state index contributed by atoms with van der Waals surface area (Å²) < 4.78 is 25.7. The molecule has 1 heterocycles. The lowest BCUT2D eigenvalue weighted by atomic mass is 10.1. The lowest BCUT2D eigenvalue weighted by Crippen LogP contribution is -1.99. The molecule has 1 aromatic heterocycles. The minimum atomic E-state index is -1.28. The summed E-state index contributed by atoms with van der Waals surface area (Å²) in [4.78, 5) is 4.98. The second-order valence-corrected chi connectivity index (χ2v) is 6.34. The molecular weight excluding hydrogens is 285 g/mol. The number of rotatable bonds is 3. The number of aromatic nitrogens is 1. The molecule has 3 rings (SSSR count). The third kappa shape index (κ3) is 3.00. The van der Waals surface area contributed by atoms with Crippen molar-refractivity contribution in [2.45, 2.75) is 17.6 Å². The molecule has 2 aromatic carbocycles. The van der Waals surface area contributed by atoms with Crippen molar-refractivity contribution < 1.29 is 8.60 Å². The first-order chi connectivity index (χ1) is 10.1. The van der Waals surface area contributed by atoms with Crippen molar-refractivity contribution in [2.75, 3.05) is 0 Å². The van der Waals surface area contributed by atoms with Gasteiger partial charge in [-0.3, -0.25) is 9.19 Å². The molecule has 0 N–H and O–H groups in total. The predicted molar refractivity (Wildman–Crippen MR) is 83.0 cm³/mol. The van der Waals surface area contributed by atoms with Gasteiger partial charge in [0.2, 0.25) is 0 Å². The minimum absolute atomic E-state index is 0.354. The van der Waals surface area contributed by atoms with E-state index in [2.05, 4.69) is 4.98 Å². The van der Waals surface area contributed by atoms with Crippen molar-refractivity contribution in [2.24, 2.45) is 0 Å². The van der Waals surface area contributed by atoms with E-state index in [0.717, 1.165) is 22.2 Å². The molecule has 0 bridgehead atoms. The Labute approximate surface area is 125 Å². The highest BCUT2D eigenvalue weighted by Crippen LogP contribution is 2.21. The molecule has 0 aliphatic rings. The molecule has 0 aliphatic carbocycles. The van der Waals surface area contributed by atoms with Crippen LogP contribution in [0, 0.1) is 12.7 Å². The third-order valence-electron chi connectivity index (χ3n) is 3.28. The standard InChI is InChI=1S/C17H14FNOS/c1-12-9-13(16-7-2-3-8-17(16)19-12)11-21(20)15-6-4-5-14(18)10-15/h2-10H,11H2,1H3. The van der Waals surface area contributed by atoms with Crippen LogP contribution < -0.4 is 0 Å². The highest BCUT2D eigenvalue weighted by atomic mass is 32.2. The van der Waals surface area contributed by atoms with E-state index in [0.29, 0.717) is 10.6 Å². The Morgan fingerprint density at radius 3 is 2.71 bits per heavy atom. The number of fused-ring (bicyclic) bond motifs is 1. The molecule has 4 heteroatoms. The number of hydrogen-bond donors (Lipinski definition) is 0. The van der Waals surface area contributed by atoms with Crippen LogP contribution in [0.1, 0.15) is 11.3 Å². The number of aryl methyl sites for hydroxylation is 1. The zero-order valence-electron chi connectivity index (χ0n) is 11.5. The quantitative estimate of drug-likeness (QED) is 0.732. The normalized spacial score (nSPS) is 12.5. The summed E-state index contributed by atoms with van der Waals surface area (Å²) in [6.45, 7) is 1.92. The van der Waals surface area contributed by atoms with Gasteiger partial charge in [0.15, 0.2) is 0 Å². The Hall–Kier alpha value is -2.07. The average Bonchev–Trinajstić information content (AvgIpc) is 2.47. The molecule has 3 aromatic rings. The fraction of sp³-hybridized carbons (Fsp3) is 0.118. The summed E-state index contributed by atoms with van der Waals surface area (Å²) in [6, 6.07) is 15.7. The average molecular weight is 299 g/mol. The Morgan fingerprint density at radius 2 is 1.90 bits per heavy atom. The van der Waals surface area contributed by atoms with Crippen LogP contribution in [0.15, 0.2) is 59.5 Å². The van der Waals surface area contributed by atoms with E-state index in [9.17, 15) is 8.60 Å². The van der Waals surface area contributed by atoms with Gasteiger partial charge in [-0.05, 0) is 42.8 Å². The molecule has 106 valence electrons. The highest BCUT2D eigenvalue weighted by Gasteiger charge is 2.10. The third-order valence-corrected chi connectivity index (χ3v) is 4.63. The van der Waals surface area contributed by atoms with E-state index in [1.54, 1.807) is 12.1 Å². The van der Waals surface area contributed by atoms with E-state index < -0.39 is 10.8 Å². The Bertz CT molecular complexity index is 832. The second-order valence-electron chi connectivity index (χ2n) is 4.89. The number of benzene rings is 2. The zero-order valence-corrected chi connectivity index (χ0v) is 12.4. The smallest absolute Gasteiger partial charge is 0.124 e. The summed E-state index contributed by atoms with van der Waals surface area (Å²) in [5.41, 5.74) is 2.75. The van der Waals surface area contributed by atoms with Crippen LogP contribution in [-0.4, -0.2) is 9.19 Å². The topological polar surface area (TPSA) is 30.0 Å². The molecule has 0 radical (unpaired) electrons. The minimum Gasteiger partial charge on any atom is -0.254 e. The molecule has 0 saturated heterocycles. The molecule has 0 spiro atoms. The van der Waals surface area contributed by atoms with E-state index >= 15 is 0 Å². The van der Waals surface area contributed by atoms with Gasteiger partial charge in [0.1, 0.15) is 5.82 Å². The fourth-order valence-corrected chi connectivity index (χ4v) is 3.51. The Kier molecular flexibility index (Phi) is 3.80. The van der Waals surface area contributed by atoms with Gasteiger partial charge in [0.25, 0.3) is 0 Å². The largest absolute Gasteiger partial charge is 0.254 e. The summed E-state index contributed by atoms with van der Waals surface area (Å²) in [5, 5.41) is 0.993. The Morgan fingerprint density at radius 1 is 1.10 bits per heavy atom. The molecule has 2 nitrogen and oxygen atoms in total. The first-order valence-electron chi connectivity index (χ1n) is 6.63. The molecule has 1 atom stereocenters.